The molecule has 1 N–H and O–H groups in total. The molecular weight excluding hydrogens is 312 g/mol. The first-order chi connectivity index (χ1) is 11.2. The van der Waals surface area contributed by atoms with Crippen molar-refractivity contribution in [2.24, 2.45) is 0 Å². The number of amides is 1. The van der Waals surface area contributed by atoms with Gasteiger partial charge in [0.15, 0.2) is 0 Å². The second-order valence-corrected chi connectivity index (χ2v) is 4.85. The van der Waals surface area contributed by atoms with E-state index in [1.807, 2.05) is 18.2 Å². The first kappa shape index (κ1) is 16.4. The number of nitriles is 1. The lowest BCUT2D eigenvalue weighted by molar-refractivity contribution is 0.0958. The monoisotopic (exact) mass is 324 g/mol. The molecule has 0 saturated heterocycles. The van der Waals surface area contributed by atoms with Crippen molar-refractivity contribution in [2.45, 2.75) is 0 Å². The second kappa shape index (κ2) is 8.48. The number of benzene rings is 2. The molecule has 2 rings (SSSR count). The van der Waals surface area contributed by atoms with Gasteiger partial charge in [-0.05, 0) is 36.4 Å². The van der Waals surface area contributed by atoms with Crippen LogP contribution in [0.4, 0.5) is 0 Å². The average Bonchev–Trinajstić information content (AvgIpc) is 2.59. The summed E-state index contributed by atoms with van der Waals surface area (Å²) in [5.41, 5.74) is 0.996. The van der Waals surface area contributed by atoms with Crippen molar-refractivity contribution in [2.75, 3.05) is 13.2 Å². The Balaban J connectivity index is 1.76. The summed E-state index contributed by atoms with van der Waals surface area (Å²) in [7, 11) is 0. The highest BCUT2D eigenvalue weighted by atomic mass is 35.5. The molecule has 0 aliphatic rings. The molecule has 0 aliphatic carbocycles. The van der Waals surface area contributed by atoms with E-state index in [4.69, 9.17) is 21.6 Å². The standard InChI is InChI=1S/C18H13ClN2O2/c19-16-5-1-2-6-17(16)23-12-4-3-11-21-18(22)15-9-7-14(13-20)8-10-15/h1-2,5-10H,11-12H2,(H,21,22). The first-order valence-corrected chi connectivity index (χ1v) is 7.20. The number of carbonyl (C=O) groups is 1. The van der Waals surface area contributed by atoms with Gasteiger partial charge in [-0.3, -0.25) is 4.79 Å². The minimum Gasteiger partial charge on any atom is -0.479 e. The molecule has 0 fully saturated rings. The van der Waals surface area contributed by atoms with Crippen LogP contribution in [0.5, 0.6) is 5.75 Å². The van der Waals surface area contributed by atoms with Gasteiger partial charge in [-0.2, -0.15) is 5.26 Å². The number of rotatable bonds is 4. The lowest BCUT2D eigenvalue weighted by Gasteiger charge is -2.03. The SMILES string of the molecule is N#Cc1ccc(C(=O)NCC#CCOc2ccccc2Cl)cc1. The summed E-state index contributed by atoms with van der Waals surface area (Å²) in [5, 5.41) is 11.9. The van der Waals surface area contributed by atoms with Crippen molar-refractivity contribution < 1.29 is 9.53 Å². The Labute approximate surface area is 139 Å². The molecule has 5 heteroatoms. The number of hydrogen-bond donors (Lipinski definition) is 1. The summed E-state index contributed by atoms with van der Waals surface area (Å²) in [5.74, 6) is 5.93. The molecule has 114 valence electrons. The van der Waals surface area contributed by atoms with Crippen LogP contribution in [0, 0.1) is 23.2 Å². The Morgan fingerprint density at radius 1 is 1.13 bits per heavy atom. The lowest BCUT2D eigenvalue weighted by Crippen LogP contribution is -2.23. The van der Waals surface area contributed by atoms with Crippen molar-refractivity contribution >= 4 is 17.5 Å². The predicted molar refractivity (Wildman–Crippen MR) is 88.2 cm³/mol. The maximum Gasteiger partial charge on any atom is 0.252 e. The zero-order valence-electron chi connectivity index (χ0n) is 12.2. The van der Waals surface area contributed by atoms with E-state index < -0.39 is 0 Å². The summed E-state index contributed by atoms with van der Waals surface area (Å²) >= 11 is 5.95. The fraction of sp³-hybridized carbons (Fsp3) is 0.111. The Bertz CT molecular complexity index is 783. The molecule has 0 saturated carbocycles. The van der Waals surface area contributed by atoms with E-state index in [0.717, 1.165) is 0 Å². The van der Waals surface area contributed by atoms with Gasteiger partial charge in [-0.25, -0.2) is 0 Å². The van der Waals surface area contributed by atoms with Gasteiger partial charge < -0.3 is 10.1 Å². The van der Waals surface area contributed by atoms with E-state index in [-0.39, 0.29) is 19.1 Å². The topological polar surface area (TPSA) is 62.1 Å². The molecule has 0 unspecified atom stereocenters. The summed E-state index contributed by atoms with van der Waals surface area (Å²) in [6.07, 6.45) is 0. The quantitative estimate of drug-likeness (QED) is 0.879. The molecule has 0 radical (unpaired) electrons. The molecule has 2 aromatic rings. The smallest absolute Gasteiger partial charge is 0.252 e. The third kappa shape index (κ3) is 5.07. The Morgan fingerprint density at radius 2 is 1.87 bits per heavy atom. The van der Waals surface area contributed by atoms with Crippen LogP contribution in [-0.2, 0) is 0 Å². The number of nitrogens with zero attached hydrogens (tertiary/aromatic N) is 1. The van der Waals surface area contributed by atoms with E-state index in [9.17, 15) is 4.79 Å². The van der Waals surface area contributed by atoms with Gasteiger partial charge in [0.1, 0.15) is 12.4 Å². The van der Waals surface area contributed by atoms with Crippen molar-refractivity contribution in [3.63, 3.8) is 0 Å². The molecule has 0 heterocycles. The maximum atomic E-state index is 11.8. The fourth-order valence-electron chi connectivity index (χ4n) is 1.71. The molecule has 0 aliphatic heterocycles. The van der Waals surface area contributed by atoms with E-state index in [1.165, 1.54) is 0 Å². The maximum absolute atomic E-state index is 11.8. The molecular formula is C18H13ClN2O2. The van der Waals surface area contributed by atoms with Crippen LogP contribution in [-0.4, -0.2) is 19.1 Å². The van der Waals surface area contributed by atoms with E-state index >= 15 is 0 Å². The van der Waals surface area contributed by atoms with Gasteiger partial charge in [0.25, 0.3) is 5.91 Å². The summed E-state index contributed by atoms with van der Waals surface area (Å²) < 4.78 is 5.41. The van der Waals surface area contributed by atoms with Gasteiger partial charge in [-0.1, -0.05) is 35.6 Å². The van der Waals surface area contributed by atoms with Crippen LogP contribution in [0.2, 0.25) is 5.02 Å². The normalized spacial score (nSPS) is 9.22. The zero-order chi connectivity index (χ0) is 16.5. The fourth-order valence-corrected chi connectivity index (χ4v) is 1.90. The average molecular weight is 325 g/mol. The highest BCUT2D eigenvalue weighted by Crippen LogP contribution is 2.22. The van der Waals surface area contributed by atoms with Gasteiger partial charge in [0.2, 0.25) is 0 Å². The zero-order valence-corrected chi connectivity index (χ0v) is 12.9. The number of ether oxygens (including phenoxy) is 1. The van der Waals surface area contributed by atoms with Crippen LogP contribution < -0.4 is 10.1 Å². The van der Waals surface area contributed by atoms with Gasteiger partial charge in [0, 0.05) is 5.56 Å². The lowest BCUT2D eigenvalue weighted by atomic mass is 10.1. The molecule has 0 aromatic heterocycles. The molecule has 23 heavy (non-hydrogen) atoms. The number of hydrogen-bond acceptors (Lipinski definition) is 3. The van der Waals surface area contributed by atoms with Crippen molar-refractivity contribution in [3.05, 3.63) is 64.7 Å². The molecule has 0 atom stereocenters. The number of nitrogens with one attached hydrogen (secondary N) is 1. The Morgan fingerprint density at radius 3 is 2.57 bits per heavy atom. The van der Waals surface area contributed by atoms with Crippen LogP contribution in [0.3, 0.4) is 0 Å². The van der Waals surface area contributed by atoms with Crippen LogP contribution in [0.25, 0.3) is 0 Å². The summed E-state index contributed by atoms with van der Waals surface area (Å²) in [4.78, 5) is 11.8. The van der Waals surface area contributed by atoms with Crippen LogP contribution in [0.1, 0.15) is 15.9 Å². The predicted octanol–water partition coefficient (Wildman–Crippen LogP) is 3.02. The third-order valence-corrected chi connectivity index (χ3v) is 3.19. The molecule has 2 aromatic carbocycles. The van der Waals surface area contributed by atoms with Crippen molar-refractivity contribution in [1.82, 2.24) is 5.32 Å². The van der Waals surface area contributed by atoms with Gasteiger partial charge >= 0.3 is 0 Å². The number of halogens is 1. The molecule has 0 bridgehead atoms. The second-order valence-electron chi connectivity index (χ2n) is 4.44. The minimum absolute atomic E-state index is 0.191. The first-order valence-electron chi connectivity index (χ1n) is 6.82. The number of para-hydroxylation sites is 1. The van der Waals surface area contributed by atoms with Crippen LogP contribution in [0.15, 0.2) is 48.5 Å². The Hall–Kier alpha value is -2.95. The van der Waals surface area contributed by atoms with E-state index in [0.29, 0.717) is 21.9 Å². The minimum atomic E-state index is -0.240. The highest BCUT2D eigenvalue weighted by molar-refractivity contribution is 6.32. The molecule has 0 spiro atoms. The van der Waals surface area contributed by atoms with E-state index in [1.54, 1.807) is 36.4 Å². The summed E-state index contributed by atoms with van der Waals surface area (Å²) in [6, 6.07) is 15.5. The highest BCUT2D eigenvalue weighted by Gasteiger charge is 2.03. The molecule has 1 amide bonds. The Kier molecular flexibility index (Phi) is 6.06. The summed E-state index contributed by atoms with van der Waals surface area (Å²) in [6.45, 7) is 0.404. The largest absolute Gasteiger partial charge is 0.479 e. The van der Waals surface area contributed by atoms with Crippen molar-refractivity contribution in [1.29, 1.82) is 5.26 Å². The molecule has 4 nitrogen and oxygen atoms in total. The van der Waals surface area contributed by atoms with Crippen LogP contribution >= 0.6 is 11.6 Å². The van der Waals surface area contributed by atoms with Crippen molar-refractivity contribution in [3.8, 4) is 23.7 Å². The van der Waals surface area contributed by atoms with Gasteiger partial charge in [0.05, 0.1) is 23.2 Å². The van der Waals surface area contributed by atoms with Gasteiger partial charge in [-0.15, -0.1) is 0 Å². The third-order valence-electron chi connectivity index (χ3n) is 2.88. The number of carbonyl (C=O) groups excluding carboxylic acids is 1. The van der Waals surface area contributed by atoms with E-state index in [2.05, 4.69) is 17.2 Å².